The molecule has 2 spiro atoms. The monoisotopic (exact) mass is 1120 g/mol. The zero-order valence-corrected chi connectivity index (χ0v) is 49.6. The lowest BCUT2D eigenvalue weighted by Gasteiger charge is -2.54. The Labute approximate surface area is 469 Å². The number of aryl methyl sites for hydroxylation is 1. The number of halogens is 2. The standard InChI is InChI=1S/C60H94Cl2N2O13/c1-12-46(56(69)63-32-35-71-51(66)17-15-16-44-19-21-45(22-20-44)64(33-30-61)34-31-62)48-23-18-37(4)54(74-48)41(8)52(67)40(7)53(68)47(13-2)55-38(5)36-39(6)59(75-55)27-25-50(73-43(10)65)60(77-59)29-28-57(11,76-60)49-24-26-58(70,14-3)42(9)72-49/h19-22,25,27,37-42,46-50,52,54-55,67,70H,12-18,23-24,26,28-36H2,1-11H3,(H,63,69)/t37-,38?,39?,40-,41?,42?,46?,47-,48+,49+,50+,52?,54+,55-,57-,58+,59-,60-/m0/s1. The van der Waals surface area contributed by atoms with Crippen LogP contribution in [0.15, 0.2) is 36.4 Å². The lowest BCUT2D eigenvalue weighted by molar-refractivity contribution is -0.409. The molecule has 0 aromatic heterocycles. The van der Waals surface area contributed by atoms with E-state index in [0.717, 1.165) is 24.1 Å². The second kappa shape index (κ2) is 27.7. The number of rotatable bonds is 25. The van der Waals surface area contributed by atoms with E-state index in [1.54, 1.807) is 6.92 Å². The highest BCUT2D eigenvalue weighted by molar-refractivity contribution is 6.18. The second-order valence-electron chi connectivity index (χ2n) is 23.6. The molecule has 15 nitrogen and oxygen atoms in total. The van der Waals surface area contributed by atoms with Crippen molar-refractivity contribution in [2.45, 2.75) is 225 Å². The van der Waals surface area contributed by atoms with Crippen LogP contribution >= 0.6 is 23.2 Å². The van der Waals surface area contributed by atoms with Crippen LogP contribution in [0.3, 0.4) is 0 Å². The Balaban J connectivity index is 1.03. The predicted octanol–water partition coefficient (Wildman–Crippen LogP) is 9.64. The molecule has 1 aromatic carbocycles. The van der Waals surface area contributed by atoms with E-state index in [1.807, 2.05) is 65.8 Å². The summed E-state index contributed by atoms with van der Waals surface area (Å²) in [7, 11) is 0. The summed E-state index contributed by atoms with van der Waals surface area (Å²) in [6.07, 6.45) is 7.07. The lowest BCUT2D eigenvalue weighted by atomic mass is 9.72. The van der Waals surface area contributed by atoms with Gasteiger partial charge in [0, 0.05) is 74.0 Å². The van der Waals surface area contributed by atoms with Gasteiger partial charge in [0.1, 0.15) is 12.4 Å². The molecule has 0 aliphatic carbocycles. The molecule has 5 aliphatic heterocycles. The summed E-state index contributed by atoms with van der Waals surface area (Å²) in [6, 6.07) is 8.21. The fourth-order valence-electron chi connectivity index (χ4n) is 13.2. The summed E-state index contributed by atoms with van der Waals surface area (Å²) in [5, 5.41) is 26.3. The van der Waals surface area contributed by atoms with Crippen molar-refractivity contribution in [2.75, 3.05) is 42.9 Å². The summed E-state index contributed by atoms with van der Waals surface area (Å²) in [4.78, 5) is 55.8. The van der Waals surface area contributed by atoms with Gasteiger partial charge in [0.25, 0.3) is 0 Å². The van der Waals surface area contributed by atoms with Crippen molar-refractivity contribution in [2.24, 2.45) is 41.4 Å². The number of aliphatic hydroxyl groups excluding tert-OH is 1. The molecular formula is C60H94Cl2N2O13. The van der Waals surface area contributed by atoms with E-state index >= 15 is 0 Å². The molecule has 77 heavy (non-hydrogen) atoms. The number of ether oxygens (including phenoxy) is 7. The van der Waals surface area contributed by atoms with Gasteiger partial charge in [-0.3, -0.25) is 19.2 Å². The number of esters is 2. The first kappa shape index (κ1) is 63.3. The maximum atomic E-state index is 14.9. The van der Waals surface area contributed by atoms with Crippen molar-refractivity contribution >= 4 is 52.5 Å². The van der Waals surface area contributed by atoms with E-state index in [1.165, 1.54) is 6.92 Å². The quantitative estimate of drug-likeness (QED) is 0.0363. The zero-order chi connectivity index (χ0) is 56.5. The third-order valence-electron chi connectivity index (χ3n) is 18.3. The van der Waals surface area contributed by atoms with Gasteiger partial charge in [0.2, 0.25) is 11.7 Å². The number of nitrogens with one attached hydrogen (secondary N) is 1. The molecule has 0 bridgehead atoms. The minimum atomic E-state index is -1.40. The highest BCUT2D eigenvalue weighted by Crippen LogP contribution is 2.55. The molecule has 436 valence electrons. The van der Waals surface area contributed by atoms with Crippen molar-refractivity contribution in [3.63, 3.8) is 0 Å². The number of Topliss-reactive ketones (excluding diaryl/α,β-unsaturated/α-hetero) is 1. The molecule has 6 unspecified atom stereocenters. The molecule has 5 heterocycles. The average Bonchev–Trinajstić information content (AvgIpc) is 3.75. The second-order valence-corrected chi connectivity index (χ2v) is 24.3. The third kappa shape index (κ3) is 14.8. The highest BCUT2D eigenvalue weighted by Gasteiger charge is 2.64. The Morgan fingerprint density at radius 1 is 0.883 bits per heavy atom. The van der Waals surface area contributed by atoms with Crippen LogP contribution in [0.4, 0.5) is 5.69 Å². The first-order valence-corrected chi connectivity index (χ1v) is 30.2. The van der Waals surface area contributed by atoms with Crippen molar-refractivity contribution in [3.8, 4) is 0 Å². The van der Waals surface area contributed by atoms with Crippen LogP contribution in [0.25, 0.3) is 0 Å². The Hall–Kier alpha value is -2.86. The fraction of sp³-hybridized carbons (Fsp3) is 0.800. The van der Waals surface area contributed by atoms with Gasteiger partial charge in [-0.05, 0) is 126 Å². The smallest absolute Gasteiger partial charge is 0.305 e. The van der Waals surface area contributed by atoms with E-state index in [0.29, 0.717) is 89.1 Å². The first-order chi connectivity index (χ1) is 36.5. The number of carbonyl (C=O) groups excluding carboxylic acids is 4. The van der Waals surface area contributed by atoms with Crippen LogP contribution in [-0.2, 0) is 58.8 Å². The highest BCUT2D eigenvalue weighted by atomic mass is 35.5. The number of carbonyl (C=O) groups is 4. The van der Waals surface area contributed by atoms with Crippen molar-refractivity contribution < 1.29 is 62.5 Å². The fourth-order valence-corrected chi connectivity index (χ4v) is 13.6. The summed E-state index contributed by atoms with van der Waals surface area (Å²) in [5.74, 6) is -5.12. The van der Waals surface area contributed by atoms with E-state index in [9.17, 15) is 29.4 Å². The summed E-state index contributed by atoms with van der Waals surface area (Å²) >= 11 is 11.9. The van der Waals surface area contributed by atoms with Crippen molar-refractivity contribution in [3.05, 3.63) is 42.0 Å². The predicted molar refractivity (Wildman–Crippen MR) is 298 cm³/mol. The number of hydrogen-bond acceptors (Lipinski definition) is 14. The van der Waals surface area contributed by atoms with Crippen LogP contribution in [0.2, 0.25) is 0 Å². The van der Waals surface area contributed by atoms with Crippen molar-refractivity contribution in [1.82, 2.24) is 5.32 Å². The molecule has 3 N–H and O–H groups in total. The molecule has 4 saturated heterocycles. The number of aliphatic hydroxyl groups is 2. The minimum absolute atomic E-state index is 0.0398. The molecule has 4 fully saturated rings. The van der Waals surface area contributed by atoms with Gasteiger partial charge < -0.3 is 53.6 Å². The molecule has 5 aliphatic rings. The zero-order valence-electron chi connectivity index (χ0n) is 48.1. The van der Waals surface area contributed by atoms with E-state index in [4.69, 9.17) is 56.4 Å². The number of ketones is 1. The van der Waals surface area contributed by atoms with Crippen molar-refractivity contribution in [1.29, 1.82) is 0 Å². The minimum Gasteiger partial charge on any atom is -0.464 e. The number of anilines is 1. The van der Waals surface area contributed by atoms with Crippen LogP contribution in [0.1, 0.15) is 159 Å². The van der Waals surface area contributed by atoms with Crippen LogP contribution < -0.4 is 10.2 Å². The van der Waals surface area contributed by atoms with Gasteiger partial charge in [-0.2, -0.15) is 0 Å². The maximum Gasteiger partial charge on any atom is 0.305 e. The Morgan fingerprint density at radius 2 is 1.57 bits per heavy atom. The number of alkyl halides is 2. The lowest BCUT2D eigenvalue weighted by Crippen LogP contribution is -2.63. The normalized spacial score (nSPS) is 35.2. The molecule has 6 rings (SSSR count). The first-order valence-electron chi connectivity index (χ1n) is 29.1. The van der Waals surface area contributed by atoms with Gasteiger partial charge in [0.05, 0.1) is 60.3 Å². The van der Waals surface area contributed by atoms with Gasteiger partial charge >= 0.3 is 11.9 Å². The van der Waals surface area contributed by atoms with Crippen LogP contribution in [-0.4, -0.2) is 137 Å². The Kier molecular flexibility index (Phi) is 22.8. The van der Waals surface area contributed by atoms with Crippen LogP contribution in [0, 0.1) is 41.4 Å². The Morgan fingerprint density at radius 3 is 2.19 bits per heavy atom. The molecule has 1 amide bonds. The average molecular weight is 1120 g/mol. The van der Waals surface area contributed by atoms with E-state index in [2.05, 4.69) is 43.1 Å². The van der Waals surface area contributed by atoms with Gasteiger partial charge in [-0.25, -0.2) is 0 Å². The number of nitrogens with zero attached hydrogens (tertiary/aromatic N) is 1. The number of benzene rings is 1. The topological polar surface area (TPSA) is 189 Å². The molecular weight excluding hydrogens is 1030 g/mol. The molecule has 0 saturated carbocycles. The Bertz CT molecular complexity index is 2130. The third-order valence-corrected chi connectivity index (χ3v) is 18.6. The molecule has 0 radical (unpaired) electrons. The maximum absolute atomic E-state index is 14.9. The van der Waals surface area contributed by atoms with Gasteiger partial charge in [-0.1, -0.05) is 67.5 Å². The largest absolute Gasteiger partial charge is 0.464 e. The van der Waals surface area contributed by atoms with Gasteiger partial charge in [0.15, 0.2) is 11.9 Å². The van der Waals surface area contributed by atoms with Gasteiger partial charge in [-0.15, -0.1) is 23.2 Å². The summed E-state index contributed by atoms with van der Waals surface area (Å²) < 4.78 is 45.9. The van der Waals surface area contributed by atoms with E-state index < -0.39 is 89.0 Å². The molecule has 17 heteroatoms. The summed E-state index contributed by atoms with van der Waals surface area (Å²) in [6.45, 7) is 22.8. The van der Waals surface area contributed by atoms with Crippen LogP contribution in [0.5, 0.6) is 0 Å². The number of amides is 1. The molecule has 1 aromatic rings. The SMILES string of the molecule is CCC(C(=O)NCCOC(=O)CCCc1ccc(N(CCCl)CCCl)cc1)[C@H]1CC[C@H](C)[C@H](C(C)C(O)[C@H](C)C(=O)[C@H](CC)[C@H]2O[C@]3(C=C[C@@H](OC(C)=O)[C@]4(CC[C@@](C)([C@H]5CC[C@](O)(CC)C(C)O5)O4)O3)C(C)CC2C)O1. The molecule has 18 atom stereocenters. The number of hydrogen-bond donors (Lipinski definition) is 3. The van der Waals surface area contributed by atoms with E-state index in [-0.39, 0.29) is 61.1 Å². The summed E-state index contributed by atoms with van der Waals surface area (Å²) in [5.41, 5.74) is 0.443.